The molecule has 72 valence electrons. The Morgan fingerprint density at radius 1 is 0.941 bits per heavy atom. The first-order valence-electron chi connectivity index (χ1n) is 3.27. The number of fused-ring (bicyclic) bond motifs is 1. The quantitative estimate of drug-likeness (QED) is 0.484. The molecule has 10 heteroatoms. The van der Waals surface area contributed by atoms with Crippen LogP contribution < -0.4 is 153 Å². The van der Waals surface area contributed by atoms with Crippen molar-refractivity contribution >= 4 is 15.9 Å². The van der Waals surface area contributed by atoms with Crippen molar-refractivity contribution in [3.8, 4) is 0 Å². The monoisotopic (exact) mass is 303 g/mol. The molecular weight excluding hydrogens is 293 g/mol. The molecule has 4 nitrogen and oxygen atoms in total. The van der Waals surface area contributed by atoms with E-state index in [-0.39, 0.29) is 165 Å². The molecule has 1 aromatic rings. The van der Waals surface area contributed by atoms with Gasteiger partial charge in [-0.15, -0.1) is 0 Å². The molecule has 0 fully saturated rings. The largest absolute Gasteiger partial charge is 1.00 e. The number of hydrogen-bond acceptors (Lipinski definition) is 3. The van der Waals surface area contributed by atoms with Crippen LogP contribution in [0, 0.1) is 0 Å². The van der Waals surface area contributed by atoms with Gasteiger partial charge in [-0.2, -0.15) is 0 Å². The minimum Gasteiger partial charge on any atom is -1.00 e. The molecule has 0 atom stereocenters. The molecule has 2 rings (SSSR count). The summed E-state index contributed by atoms with van der Waals surface area (Å²) in [6.07, 6.45) is 0. The van der Waals surface area contributed by atoms with Crippen molar-refractivity contribution < 1.29 is 168 Å². The number of hydrogen-bond donors (Lipinski definition) is 1. The molecular formula is C7H10NNa5O3S. The Kier molecular flexibility index (Phi) is 20.7. The predicted octanol–water partition coefficient (Wildman–Crippen LogP) is -14.3. The smallest absolute Gasteiger partial charge is 1.00 e. The summed E-state index contributed by atoms with van der Waals surface area (Å²) < 4.78 is 24.2. The number of carbonyl (C=O) groups is 1. The molecule has 1 amide bonds. The number of rotatable bonds is 0. The summed E-state index contributed by atoms with van der Waals surface area (Å²) >= 11 is 0. The molecule has 0 aromatic heterocycles. The van der Waals surface area contributed by atoms with Crippen molar-refractivity contribution in [2.24, 2.45) is 0 Å². The van der Waals surface area contributed by atoms with Gasteiger partial charge in [0.1, 0.15) is 4.90 Å². The minimum absolute atomic E-state index is 0. The van der Waals surface area contributed by atoms with Gasteiger partial charge in [0.2, 0.25) is 0 Å². The van der Waals surface area contributed by atoms with Crippen LogP contribution in [0.2, 0.25) is 0 Å². The van der Waals surface area contributed by atoms with Crippen molar-refractivity contribution in [3.63, 3.8) is 0 Å². The molecule has 1 N–H and O–H groups in total. The molecule has 0 spiro atoms. The van der Waals surface area contributed by atoms with E-state index in [1.54, 1.807) is 12.1 Å². The summed E-state index contributed by atoms with van der Waals surface area (Å²) in [7, 11) is -3.55. The Hall–Kier alpha value is 3.64. The van der Waals surface area contributed by atoms with Gasteiger partial charge in [0.15, 0.2) is 0 Å². The van der Waals surface area contributed by atoms with Gasteiger partial charge in [0.05, 0.1) is 5.56 Å². The fraction of sp³-hybridized carbons (Fsp3) is 0. The maximum Gasteiger partial charge on any atom is 1.00 e. The number of amides is 1. The molecule has 1 heterocycles. The average molecular weight is 303 g/mol. The van der Waals surface area contributed by atoms with E-state index >= 15 is 0 Å². The van der Waals surface area contributed by atoms with E-state index in [0.29, 0.717) is 0 Å². The second-order valence-electron chi connectivity index (χ2n) is 2.43. The number of benzene rings is 1. The molecule has 1 aliphatic rings. The van der Waals surface area contributed by atoms with E-state index in [1.165, 1.54) is 12.1 Å². The van der Waals surface area contributed by atoms with Gasteiger partial charge in [-0.05, 0) is 12.1 Å². The van der Waals surface area contributed by atoms with E-state index in [0.717, 1.165) is 0 Å². The predicted molar refractivity (Wildman–Crippen MR) is 46.7 cm³/mol. The van der Waals surface area contributed by atoms with Gasteiger partial charge >= 0.3 is 148 Å². The van der Waals surface area contributed by atoms with E-state index in [2.05, 4.69) is 0 Å². The van der Waals surface area contributed by atoms with Crippen LogP contribution in [-0.2, 0) is 10.0 Å². The maximum atomic E-state index is 11.1. The van der Waals surface area contributed by atoms with Gasteiger partial charge in [0, 0.05) is 0 Å². The minimum atomic E-state index is -3.55. The van der Waals surface area contributed by atoms with Crippen LogP contribution in [0.3, 0.4) is 0 Å². The topological polar surface area (TPSA) is 63.2 Å². The van der Waals surface area contributed by atoms with Crippen LogP contribution >= 0.6 is 0 Å². The van der Waals surface area contributed by atoms with Gasteiger partial charge in [-0.25, -0.2) is 13.1 Å². The van der Waals surface area contributed by atoms with Crippen LogP contribution in [0.25, 0.3) is 0 Å². The van der Waals surface area contributed by atoms with Crippen molar-refractivity contribution in [1.29, 1.82) is 0 Å². The number of carbonyl (C=O) groups excluding carboxylic acids is 1. The third-order valence-electron chi connectivity index (χ3n) is 1.65. The Bertz CT molecular complexity index is 481. The Morgan fingerprint density at radius 2 is 1.41 bits per heavy atom. The van der Waals surface area contributed by atoms with Crippen molar-refractivity contribution in [1.82, 2.24) is 4.72 Å². The summed E-state index contributed by atoms with van der Waals surface area (Å²) in [6.45, 7) is 0. The number of nitrogens with one attached hydrogen (secondary N) is 1. The molecule has 0 aliphatic carbocycles. The van der Waals surface area contributed by atoms with Crippen LogP contribution in [0.4, 0.5) is 0 Å². The Labute approximate surface area is 219 Å². The second-order valence-corrected chi connectivity index (χ2v) is 4.08. The molecule has 0 radical (unpaired) electrons. The third-order valence-corrected chi connectivity index (χ3v) is 3.04. The number of sulfonamides is 1. The van der Waals surface area contributed by atoms with Gasteiger partial charge in [-0.1, -0.05) is 12.1 Å². The molecule has 1 aliphatic heterocycles. The fourth-order valence-corrected chi connectivity index (χ4v) is 2.29. The molecule has 0 unspecified atom stereocenters. The zero-order valence-electron chi connectivity index (χ0n) is 15.9. The molecule has 1 aromatic carbocycles. The molecule has 17 heavy (non-hydrogen) atoms. The molecule has 0 bridgehead atoms. The van der Waals surface area contributed by atoms with Crippen molar-refractivity contribution in [3.05, 3.63) is 29.8 Å². The van der Waals surface area contributed by atoms with Crippen LogP contribution in [0.1, 0.15) is 17.5 Å². The van der Waals surface area contributed by atoms with Crippen LogP contribution in [0.15, 0.2) is 29.2 Å². The van der Waals surface area contributed by atoms with Crippen molar-refractivity contribution in [2.75, 3.05) is 0 Å². The Morgan fingerprint density at radius 3 is 1.88 bits per heavy atom. The van der Waals surface area contributed by atoms with Crippen LogP contribution in [0.5, 0.6) is 0 Å². The maximum absolute atomic E-state index is 11.1. The Balaban J connectivity index is -0.0000000241. The average Bonchev–Trinajstić information content (AvgIpc) is 2.25. The SMILES string of the molecule is O=C1NS(=O)(=O)c2ccccc21.[H-].[H-].[H-].[H-].[H-].[Na+].[Na+].[Na+].[Na+].[Na+]. The van der Waals surface area contributed by atoms with E-state index in [4.69, 9.17) is 0 Å². The zero-order chi connectivity index (χ0) is 8.77. The zero-order valence-corrected chi connectivity index (χ0v) is 21.8. The molecule has 0 saturated heterocycles. The van der Waals surface area contributed by atoms with E-state index in [9.17, 15) is 13.2 Å². The summed E-state index contributed by atoms with van der Waals surface area (Å²) in [4.78, 5) is 11.1. The first-order valence-corrected chi connectivity index (χ1v) is 4.76. The summed E-state index contributed by atoms with van der Waals surface area (Å²) in [5, 5.41) is 0. The van der Waals surface area contributed by atoms with E-state index in [1.807, 2.05) is 4.72 Å². The third kappa shape index (κ3) is 6.96. The van der Waals surface area contributed by atoms with Gasteiger partial charge < -0.3 is 7.13 Å². The first-order chi connectivity index (χ1) is 5.61. The van der Waals surface area contributed by atoms with E-state index < -0.39 is 15.9 Å². The van der Waals surface area contributed by atoms with Crippen molar-refractivity contribution in [2.45, 2.75) is 4.90 Å². The first kappa shape index (κ1) is 28.8. The normalized spacial score (nSPS) is 13.1. The summed E-state index contributed by atoms with van der Waals surface area (Å²) in [6, 6.07) is 6.09. The van der Waals surface area contributed by atoms with Crippen LogP contribution in [-0.4, -0.2) is 14.3 Å². The van der Waals surface area contributed by atoms with Gasteiger partial charge in [-0.3, -0.25) is 4.79 Å². The van der Waals surface area contributed by atoms with Gasteiger partial charge in [0.25, 0.3) is 15.9 Å². The fourth-order valence-electron chi connectivity index (χ4n) is 1.12. The standard InChI is InChI=1S/C7H5NO3S.5Na.5H/c9-7-5-3-1-2-4-6(5)12(10,11)8-7;;;;;;;;;;/h1-4H,(H,8,9);;;;;;;;;;/q;5*+1;5*-1. The summed E-state index contributed by atoms with van der Waals surface area (Å²) in [5.41, 5.74) is 0.220. The second kappa shape index (κ2) is 12.2. The molecule has 0 saturated carbocycles. The summed E-state index contributed by atoms with van der Waals surface area (Å²) in [5.74, 6) is -0.550.